The van der Waals surface area contributed by atoms with Crippen LogP contribution in [0.3, 0.4) is 0 Å². The molecule has 0 saturated heterocycles. The average molecular weight is 449 g/mol. The molecule has 2 rings (SSSR count). The van der Waals surface area contributed by atoms with Gasteiger partial charge in [-0.05, 0) is 24.1 Å². The number of urea groups is 1. The first-order valence-corrected chi connectivity index (χ1v) is 9.70. The zero-order chi connectivity index (χ0) is 22.8. The van der Waals surface area contributed by atoms with Crippen LogP contribution in [0.15, 0.2) is 42.5 Å². The van der Waals surface area contributed by atoms with Crippen LogP contribution in [0.5, 0.6) is 0 Å². The molecule has 0 atom stereocenters. The summed E-state index contributed by atoms with van der Waals surface area (Å²) in [6.07, 6.45) is 0.688. The molecule has 10 nitrogen and oxygen atoms in total. The van der Waals surface area contributed by atoms with E-state index in [1.165, 1.54) is 12.1 Å². The summed E-state index contributed by atoms with van der Waals surface area (Å²) in [5.74, 6) is -1.80. The summed E-state index contributed by atoms with van der Waals surface area (Å²) in [4.78, 5) is 46.2. The lowest BCUT2D eigenvalue weighted by Crippen LogP contribution is -2.41. The van der Waals surface area contributed by atoms with Gasteiger partial charge in [0.15, 0.2) is 6.61 Å². The SMILES string of the molecule is CCCNC(=O)NC(=O)COC(=O)c1cc([N+](=O)[O-])ccc1NCc1ccccc1Cl. The standard InChI is InChI=1S/C20H21ClN4O6/c1-2-9-22-20(28)24-18(26)12-31-19(27)15-10-14(25(29)30)7-8-17(15)23-11-13-5-3-4-6-16(13)21/h3-8,10,23H,2,9,11-12H2,1H3,(H2,22,24,26,28). The molecule has 2 aromatic carbocycles. The van der Waals surface area contributed by atoms with Crippen LogP contribution in [0.4, 0.5) is 16.2 Å². The van der Waals surface area contributed by atoms with Crippen LogP contribution in [0.2, 0.25) is 5.02 Å². The predicted octanol–water partition coefficient (Wildman–Crippen LogP) is 3.25. The zero-order valence-electron chi connectivity index (χ0n) is 16.6. The van der Waals surface area contributed by atoms with E-state index in [1.54, 1.807) is 24.3 Å². The normalized spacial score (nSPS) is 10.1. The number of esters is 1. The van der Waals surface area contributed by atoms with Crippen molar-refractivity contribution in [3.05, 3.63) is 68.7 Å². The lowest BCUT2D eigenvalue weighted by atomic mass is 10.1. The maximum absolute atomic E-state index is 12.5. The fraction of sp³-hybridized carbons (Fsp3) is 0.250. The third-order valence-electron chi connectivity index (χ3n) is 3.98. The van der Waals surface area contributed by atoms with Gasteiger partial charge < -0.3 is 15.4 Å². The van der Waals surface area contributed by atoms with Gasteiger partial charge in [0.05, 0.1) is 10.5 Å². The van der Waals surface area contributed by atoms with Gasteiger partial charge in [-0.25, -0.2) is 9.59 Å². The zero-order valence-corrected chi connectivity index (χ0v) is 17.4. The molecule has 3 N–H and O–H groups in total. The number of hydrogen-bond donors (Lipinski definition) is 3. The summed E-state index contributed by atoms with van der Waals surface area (Å²) in [7, 11) is 0. The molecule has 11 heteroatoms. The minimum absolute atomic E-state index is 0.135. The van der Waals surface area contributed by atoms with Crippen molar-refractivity contribution in [1.29, 1.82) is 0 Å². The number of nitrogens with zero attached hydrogens (tertiary/aromatic N) is 1. The number of carbonyl (C=O) groups is 3. The van der Waals surface area contributed by atoms with Crippen molar-refractivity contribution in [3.63, 3.8) is 0 Å². The largest absolute Gasteiger partial charge is 0.452 e. The molecular weight excluding hydrogens is 428 g/mol. The number of nitro benzene ring substituents is 1. The highest BCUT2D eigenvalue weighted by Crippen LogP contribution is 2.25. The summed E-state index contributed by atoms with van der Waals surface area (Å²) < 4.78 is 4.93. The first kappa shape index (κ1) is 23.6. The number of amides is 3. The topological polar surface area (TPSA) is 140 Å². The Morgan fingerprint density at radius 1 is 1.16 bits per heavy atom. The Morgan fingerprint density at radius 3 is 2.58 bits per heavy atom. The summed E-state index contributed by atoms with van der Waals surface area (Å²) >= 11 is 6.12. The van der Waals surface area contributed by atoms with E-state index in [2.05, 4.69) is 10.6 Å². The predicted molar refractivity (Wildman–Crippen MR) is 114 cm³/mol. The third-order valence-corrected chi connectivity index (χ3v) is 4.35. The number of ether oxygens (including phenoxy) is 1. The molecule has 31 heavy (non-hydrogen) atoms. The highest BCUT2D eigenvalue weighted by Gasteiger charge is 2.20. The number of anilines is 1. The van der Waals surface area contributed by atoms with Crippen molar-refractivity contribution < 1.29 is 24.0 Å². The second kappa shape index (κ2) is 11.5. The third kappa shape index (κ3) is 7.27. The monoisotopic (exact) mass is 448 g/mol. The minimum atomic E-state index is -0.963. The van der Waals surface area contributed by atoms with Gasteiger partial charge in [-0.3, -0.25) is 20.2 Å². The number of halogens is 1. The van der Waals surface area contributed by atoms with E-state index in [0.717, 1.165) is 11.6 Å². The number of nitrogens with one attached hydrogen (secondary N) is 3. The van der Waals surface area contributed by atoms with Gasteiger partial charge in [-0.1, -0.05) is 36.7 Å². The summed E-state index contributed by atoms with van der Waals surface area (Å²) in [5.41, 5.74) is 0.555. The number of nitro groups is 1. The van der Waals surface area contributed by atoms with Crippen LogP contribution >= 0.6 is 11.6 Å². The highest BCUT2D eigenvalue weighted by atomic mass is 35.5. The molecule has 0 saturated carbocycles. The Labute approximate surface area is 183 Å². The molecule has 0 heterocycles. The molecule has 0 spiro atoms. The van der Waals surface area contributed by atoms with Gasteiger partial charge in [0, 0.05) is 35.9 Å². The molecule has 0 aliphatic heterocycles. The average Bonchev–Trinajstić information content (AvgIpc) is 2.75. The molecule has 0 aliphatic rings. The molecule has 2 aromatic rings. The van der Waals surface area contributed by atoms with Gasteiger partial charge in [0.25, 0.3) is 11.6 Å². The molecule has 0 unspecified atom stereocenters. The number of hydrogen-bond acceptors (Lipinski definition) is 7. The van der Waals surface area contributed by atoms with Gasteiger partial charge >= 0.3 is 12.0 Å². The highest BCUT2D eigenvalue weighted by molar-refractivity contribution is 6.31. The molecule has 0 aliphatic carbocycles. The first-order valence-electron chi connectivity index (χ1n) is 9.32. The van der Waals surface area contributed by atoms with Gasteiger partial charge in [0.2, 0.25) is 0 Å². The lowest BCUT2D eigenvalue weighted by molar-refractivity contribution is -0.384. The Morgan fingerprint density at radius 2 is 1.90 bits per heavy atom. The number of rotatable bonds is 9. The number of imide groups is 1. The van der Waals surface area contributed by atoms with Crippen molar-refractivity contribution in [2.45, 2.75) is 19.9 Å². The maximum atomic E-state index is 12.5. The molecule has 0 radical (unpaired) electrons. The Kier molecular flexibility index (Phi) is 8.77. The fourth-order valence-corrected chi connectivity index (χ4v) is 2.66. The van der Waals surface area contributed by atoms with Crippen LogP contribution in [0, 0.1) is 10.1 Å². The van der Waals surface area contributed by atoms with Crippen LogP contribution in [0.1, 0.15) is 29.3 Å². The van der Waals surface area contributed by atoms with E-state index >= 15 is 0 Å². The van der Waals surface area contributed by atoms with Crippen molar-refractivity contribution in [2.24, 2.45) is 0 Å². The van der Waals surface area contributed by atoms with E-state index in [-0.39, 0.29) is 23.5 Å². The molecule has 3 amide bonds. The van der Waals surface area contributed by atoms with E-state index < -0.39 is 29.4 Å². The number of non-ortho nitro benzene ring substituents is 1. The molecular formula is C20H21ClN4O6. The van der Waals surface area contributed by atoms with E-state index in [9.17, 15) is 24.5 Å². The number of carbonyl (C=O) groups excluding carboxylic acids is 3. The van der Waals surface area contributed by atoms with E-state index in [0.29, 0.717) is 18.0 Å². The van der Waals surface area contributed by atoms with Crippen LogP contribution in [-0.4, -0.2) is 36.0 Å². The Hall–Kier alpha value is -3.66. The fourth-order valence-electron chi connectivity index (χ4n) is 2.46. The Balaban J connectivity index is 2.09. The van der Waals surface area contributed by atoms with Crippen LogP contribution in [0.25, 0.3) is 0 Å². The van der Waals surface area contributed by atoms with Crippen LogP contribution in [-0.2, 0) is 16.1 Å². The Bertz CT molecular complexity index is 982. The summed E-state index contributed by atoms with van der Waals surface area (Å²) in [6, 6.07) is 9.99. The molecule has 164 valence electrons. The summed E-state index contributed by atoms with van der Waals surface area (Å²) in [6.45, 7) is 1.74. The van der Waals surface area contributed by atoms with Gasteiger partial charge in [-0.15, -0.1) is 0 Å². The summed E-state index contributed by atoms with van der Waals surface area (Å²) in [5, 5.41) is 19.0. The second-order valence-electron chi connectivity index (χ2n) is 6.31. The number of benzene rings is 2. The van der Waals surface area contributed by atoms with E-state index in [1.807, 2.05) is 12.2 Å². The lowest BCUT2D eigenvalue weighted by Gasteiger charge is -2.13. The quantitative estimate of drug-likeness (QED) is 0.304. The van der Waals surface area contributed by atoms with Crippen molar-refractivity contribution in [2.75, 3.05) is 18.5 Å². The van der Waals surface area contributed by atoms with Crippen molar-refractivity contribution in [3.8, 4) is 0 Å². The second-order valence-corrected chi connectivity index (χ2v) is 6.72. The molecule has 0 aromatic heterocycles. The van der Waals surface area contributed by atoms with Gasteiger partial charge in [0.1, 0.15) is 0 Å². The van der Waals surface area contributed by atoms with Crippen molar-refractivity contribution in [1.82, 2.24) is 10.6 Å². The minimum Gasteiger partial charge on any atom is -0.452 e. The smallest absolute Gasteiger partial charge is 0.341 e. The molecule has 0 fully saturated rings. The van der Waals surface area contributed by atoms with E-state index in [4.69, 9.17) is 16.3 Å². The maximum Gasteiger partial charge on any atom is 0.341 e. The van der Waals surface area contributed by atoms with Gasteiger partial charge in [-0.2, -0.15) is 0 Å². The first-order chi connectivity index (χ1) is 14.8. The van der Waals surface area contributed by atoms with Crippen molar-refractivity contribution >= 4 is 40.9 Å². The molecule has 0 bridgehead atoms. The van der Waals surface area contributed by atoms with Crippen LogP contribution < -0.4 is 16.0 Å².